The predicted octanol–water partition coefficient (Wildman–Crippen LogP) is 4.02. The lowest BCUT2D eigenvalue weighted by Crippen LogP contribution is -2.38. The second-order valence-electron chi connectivity index (χ2n) is 7.85. The first-order valence-electron chi connectivity index (χ1n) is 10.4. The number of hydrogen-bond acceptors (Lipinski definition) is 6. The molecular weight excluding hydrogens is 432 g/mol. The van der Waals surface area contributed by atoms with Gasteiger partial charge in [-0.1, -0.05) is 42.5 Å². The van der Waals surface area contributed by atoms with Crippen LogP contribution >= 0.6 is 11.3 Å². The van der Waals surface area contributed by atoms with Gasteiger partial charge in [0.1, 0.15) is 0 Å². The van der Waals surface area contributed by atoms with Gasteiger partial charge in [0.2, 0.25) is 5.91 Å². The highest BCUT2D eigenvalue weighted by Gasteiger charge is 2.26. The van der Waals surface area contributed by atoms with Crippen LogP contribution in [-0.4, -0.2) is 44.8 Å². The zero-order valence-corrected chi connectivity index (χ0v) is 19.3. The van der Waals surface area contributed by atoms with Gasteiger partial charge in [0, 0.05) is 12.9 Å². The number of para-hydroxylation sites is 1. The molecule has 0 radical (unpaired) electrons. The van der Waals surface area contributed by atoms with Crippen molar-refractivity contribution in [2.75, 3.05) is 24.3 Å². The Labute approximate surface area is 186 Å². The molecule has 1 fully saturated rings. The van der Waals surface area contributed by atoms with E-state index in [0.717, 1.165) is 41.6 Å². The van der Waals surface area contributed by atoms with E-state index in [-0.39, 0.29) is 23.3 Å². The summed E-state index contributed by atoms with van der Waals surface area (Å²) in [6, 6.07) is 12.6. The highest BCUT2D eigenvalue weighted by molar-refractivity contribution is 7.90. The molecule has 0 aliphatic carbocycles. The fourth-order valence-electron chi connectivity index (χ4n) is 3.80. The molecule has 1 unspecified atom stereocenters. The molecule has 0 saturated carbocycles. The van der Waals surface area contributed by atoms with Crippen LogP contribution < -0.4 is 4.90 Å². The molecule has 1 atom stereocenters. The molecular formula is C23H26N2O4S2. The van der Waals surface area contributed by atoms with E-state index in [9.17, 15) is 13.2 Å². The number of aromatic nitrogens is 1. The van der Waals surface area contributed by atoms with E-state index in [4.69, 9.17) is 9.72 Å². The van der Waals surface area contributed by atoms with E-state index >= 15 is 0 Å². The Morgan fingerprint density at radius 3 is 2.65 bits per heavy atom. The molecule has 2 heterocycles. The van der Waals surface area contributed by atoms with Gasteiger partial charge >= 0.3 is 0 Å². The molecule has 0 bridgehead atoms. The number of ether oxygens (including phenoxy) is 1. The molecule has 1 aliphatic heterocycles. The standard InChI is InChI=1S/C23H26N2O4S2/c1-3-17-6-4-8-20-22(17)24-23(30-20)25(15-18-7-5-13-29-18)21(26)14-16-9-11-19(12-10-16)31(2,27)28/h4,6,8-12,18H,3,5,7,13-15H2,1-2H3. The van der Waals surface area contributed by atoms with Crippen molar-refractivity contribution in [3.63, 3.8) is 0 Å². The zero-order valence-electron chi connectivity index (χ0n) is 17.7. The molecule has 1 amide bonds. The van der Waals surface area contributed by atoms with Crippen LogP contribution in [0.1, 0.15) is 30.9 Å². The van der Waals surface area contributed by atoms with Crippen LogP contribution in [0.3, 0.4) is 0 Å². The monoisotopic (exact) mass is 458 g/mol. The molecule has 0 spiro atoms. The third-order valence-electron chi connectivity index (χ3n) is 5.52. The Bertz CT molecular complexity index is 1180. The van der Waals surface area contributed by atoms with E-state index in [2.05, 4.69) is 13.0 Å². The Morgan fingerprint density at radius 1 is 1.23 bits per heavy atom. The van der Waals surface area contributed by atoms with Crippen LogP contribution in [0.4, 0.5) is 5.13 Å². The molecule has 31 heavy (non-hydrogen) atoms. The largest absolute Gasteiger partial charge is 0.376 e. The first-order chi connectivity index (χ1) is 14.8. The van der Waals surface area contributed by atoms with E-state index in [0.29, 0.717) is 11.7 Å². The number of anilines is 1. The van der Waals surface area contributed by atoms with Crippen LogP contribution in [0.5, 0.6) is 0 Å². The number of fused-ring (bicyclic) bond motifs is 1. The van der Waals surface area contributed by atoms with Crippen LogP contribution in [0.15, 0.2) is 47.4 Å². The lowest BCUT2D eigenvalue weighted by Gasteiger charge is -2.23. The van der Waals surface area contributed by atoms with Gasteiger partial charge in [0.15, 0.2) is 15.0 Å². The molecule has 3 aromatic rings. The summed E-state index contributed by atoms with van der Waals surface area (Å²) in [6.45, 7) is 3.30. The minimum Gasteiger partial charge on any atom is -0.376 e. The van der Waals surface area contributed by atoms with Gasteiger partial charge in [-0.3, -0.25) is 9.69 Å². The molecule has 0 N–H and O–H groups in total. The van der Waals surface area contributed by atoms with Crippen LogP contribution in [-0.2, 0) is 32.2 Å². The molecule has 1 aliphatic rings. The fraction of sp³-hybridized carbons (Fsp3) is 0.391. The van der Waals surface area contributed by atoms with Gasteiger partial charge in [-0.2, -0.15) is 0 Å². The van der Waals surface area contributed by atoms with Gasteiger partial charge < -0.3 is 4.74 Å². The van der Waals surface area contributed by atoms with Crippen LogP contribution in [0, 0.1) is 0 Å². The summed E-state index contributed by atoms with van der Waals surface area (Å²) < 4.78 is 30.2. The third kappa shape index (κ3) is 4.97. The Kier molecular flexibility index (Phi) is 6.41. The normalized spacial score (nSPS) is 16.6. The minimum absolute atomic E-state index is 0.00854. The van der Waals surface area contributed by atoms with Gasteiger partial charge in [-0.05, 0) is 48.6 Å². The Hall–Kier alpha value is -2.29. The SMILES string of the molecule is CCc1cccc2sc(N(CC3CCCO3)C(=O)Cc3ccc(S(C)(=O)=O)cc3)nc12. The fourth-order valence-corrected chi connectivity index (χ4v) is 5.47. The molecule has 2 aromatic carbocycles. The van der Waals surface area contributed by atoms with E-state index in [1.165, 1.54) is 23.2 Å². The molecule has 6 nitrogen and oxygen atoms in total. The maximum Gasteiger partial charge on any atom is 0.233 e. The second-order valence-corrected chi connectivity index (χ2v) is 10.9. The molecule has 4 rings (SSSR count). The molecule has 8 heteroatoms. The summed E-state index contributed by atoms with van der Waals surface area (Å²) in [5.74, 6) is -0.0697. The topological polar surface area (TPSA) is 76.6 Å². The van der Waals surface area contributed by atoms with Crippen molar-refractivity contribution < 1.29 is 17.9 Å². The number of amides is 1. The Morgan fingerprint density at radius 2 is 2.00 bits per heavy atom. The minimum atomic E-state index is -3.26. The summed E-state index contributed by atoms with van der Waals surface area (Å²) in [5.41, 5.74) is 2.89. The first-order valence-corrected chi connectivity index (χ1v) is 13.2. The van der Waals surface area contributed by atoms with Crippen molar-refractivity contribution >= 4 is 42.4 Å². The second kappa shape index (κ2) is 9.06. The van der Waals surface area contributed by atoms with E-state index < -0.39 is 9.84 Å². The van der Waals surface area contributed by atoms with Crippen molar-refractivity contribution in [3.05, 3.63) is 53.6 Å². The number of carbonyl (C=O) groups is 1. The van der Waals surface area contributed by atoms with Gasteiger partial charge in [0.25, 0.3) is 0 Å². The average molecular weight is 459 g/mol. The summed E-state index contributed by atoms with van der Waals surface area (Å²) in [4.78, 5) is 20.1. The number of aryl methyl sites for hydroxylation is 1. The first kappa shape index (κ1) is 21.9. The number of nitrogens with zero attached hydrogens (tertiary/aromatic N) is 2. The lowest BCUT2D eigenvalue weighted by atomic mass is 10.1. The zero-order chi connectivity index (χ0) is 22.0. The highest BCUT2D eigenvalue weighted by atomic mass is 32.2. The summed E-state index contributed by atoms with van der Waals surface area (Å²) >= 11 is 1.52. The number of carbonyl (C=O) groups excluding carboxylic acids is 1. The van der Waals surface area contributed by atoms with Crippen LogP contribution in [0.25, 0.3) is 10.2 Å². The summed E-state index contributed by atoms with van der Waals surface area (Å²) in [7, 11) is -3.26. The maximum atomic E-state index is 13.3. The highest BCUT2D eigenvalue weighted by Crippen LogP contribution is 2.32. The summed E-state index contributed by atoms with van der Waals surface area (Å²) in [5, 5.41) is 0.684. The van der Waals surface area contributed by atoms with Crippen molar-refractivity contribution in [1.82, 2.24) is 4.98 Å². The number of rotatable bonds is 7. The van der Waals surface area contributed by atoms with Crippen molar-refractivity contribution in [2.24, 2.45) is 0 Å². The molecule has 1 aromatic heterocycles. The maximum absolute atomic E-state index is 13.3. The van der Waals surface area contributed by atoms with Gasteiger partial charge in [0.05, 0.1) is 34.2 Å². The lowest BCUT2D eigenvalue weighted by molar-refractivity contribution is -0.118. The molecule has 1 saturated heterocycles. The summed E-state index contributed by atoms with van der Waals surface area (Å²) in [6.07, 6.45) is 4.17. The van der Waals surface area contributed by atoms with Crippen molar-refractivity contribution in [1.29, 1.82) is 0 Å². The number of thiazole rings is 1. The smallest absolute Gasteiger partial charge is 0.233 e. The Balaban J connectivity index is 1.62. The quantitative estimate of drug-likeness (QED) is 0.535. The van der Waals surface area contributed by atoms with Crippen molar-refractivity contribution in [2.45, 2.75) is 43.6 Å². The van der Waals surface area contributed by atoms with E-state index in [1.54, 1.807) is 29.2 Å². The third-order valence-corrected chi connectivity index (χ3v) is 7.69. The molecule has 164 valence electrons. The average Bonchev–Trinajstić information content (AvgIpc) is 3.40. The van der Waals surface area contributed by atoms with Gasteiger partial charge in [-0.25, -0.2) is 13.4 Å². The van der Waals surface area contributed by atoms with Crippen LogP contribution in [0.2, 0.25) is 0 Å². The van der Waals surface area contributed by atoms with Gasteiger partial charge in [-0.15, -0.1) is 0 Å². The number of sulfone groups is 1. The van der Waals surface area contributed by atoms with E-state index in [1.807, 2.05) is 12.1 Å². The number of benzene rings is 2. The number of hydrogen-bond donors (Lipinski definition) is 0. The predicted molar refractivity (Wildman–Crippen MR) is 124 cm³/mol. The van der Waals surface area contributed by atoms with Crippen molar-refractivity contribution in [3.8, 4) is 0 Å².